The number of allylic oxidation sites excluding steroid dienone is 1. The normalized spacial score (nSPS) is 10.5. The van der Waals surface area contributed by atoms with Crippen molar-refractivity contribution in [1.82, 2.24) is 0 Å². The Labute approximate surface area is 84.2 Å². The third kappa shape index (κ3) is 2.80. The fourth-order valence-corrected chi connectivity index (χ4v) is 1.71. The lowest BCUT2D eigenvalue weighted by Gasteiger charge is -1.95. The molecule has 0 bridgehead atoms. The van der Waals surface area contributed by atoms with Crippen molar-refractivity contribution in [2.75, 3.05) is 0 Å². The molecule has 62 valence electrons. The third-order valence-electron chi connectivity index (χ3n) is 1.25. The van der Waals surface area contributed by atoms with Gasteiger partial charge in [-0.2, -0.15) is 0 Å². The molecule has 0 aromatic heterocycles. The summed E-state index contributed by atoms with van der Waals surface area (Å²) in [5.41, 5.74) is 0.904. The number of carbonyl (C=O) groups is 1. The molecule has 0 saturated carbocycles. The maximum Gasteiger partial charge on any atom is 0.142 e. The third-order valence-corrected chi connectivity index (χ3v) is 1.93. The highest BCUT2D eigenvalue weighted by Gasteiger charge is 1.93. The molecule has 0 saturated heterocycles. The van der Waals surface area contributed by atoms with Crippen molar-refractivity contribution in [3.8, 4) is 0 Å². The monoisotopic (exact) mass is 244 g/mol. The average Bonchev–Trinajstić information content (AvgIpc) is 1.99. The molecule has 0 amide bonds. The van der Waals surface area contributed by atoms with Gasteiger partial charge in [0.25, 0.3) is 0 Å². The van der Waals surface area contributed by atoms with E-state index in [1.165, 1.54) is 6.08 Å². The Hall–Kier alpha value is -0.600. The van der Waals surface area contributed by atoms with E-state index in [1.807, 2.05) is 6.07 Å². The summed E-state index contributed by atoms with van der Waals surface area (Å²) in [5, 5.41) is 0.648. The molecule has 0 radical (unpaired) electrons. The lowest BCUT2D eigenvalue weighted by atomic mass is 10.2. The minimum Gasteiger partial charge on any atom is -0.299 e. The molecule has 0 heterocycles. The minimum absolute atomic E-state index is 0.648. The van der Waals surface area contributed by atoms with Crippen LogP contribution in [0.25, 0.3) is 6.08 Å². The molecule has 1 aromatic carbocycles. The standard InChI is InChI=1S/C9H6BrClO/c10-8-4-7(2-1-3-12)5-9(11)6-8/h1-6H. The van der Waals surface area contributed by atoms with Crippen LogP contribution in [0.15, 0.2) is 28.7 Å². The number of benzene rings is 1. The van der Waals surface area contributed by atoms with E-state index in [2.05, 4.69) is 15.9 Å². The van der Waals surface area contributed by atoms with E-state index in [0.29, 0.717) is 5.02 Å². The van der Waals surface area contributed by atoms with Crippen LogP contribution in [0.2, 0.25) is 5.02 Å². The molecule has 0 N–H and O–H groups in total. The van der Waals surface area contributed by atoms with Crippen molar-refractivity contribution in [3.63, 3.8) is 0 Å². The Morgan fingerprint density at radius 3 is 2.67 bits per heavy atom. The molecule has 3 heteroatoms. The fourth-order valence-electron chi connectivity index (χ4n) is 0.822. The van der Waals surface area contributed by atoms with Crippen LogP contribution in [0.1, 0.15) is 5.56 Å². The zero-order valence-corrected chi connectivity index (χ0v) is 8.47. The molecule has 1 nitrogen and oxygen atoms in total. The van der Waals surface area contributed by atoms with Crippen molar-refractivity contribution < 1.29 is 4.79 Å². The molecule has 12 heavy (non-hydrogen) atoms. The van der Waals surface area contributed by atoms with Gasteiger partial charge >= 0.3 is 0 Å². The second-order valence-electron chi connectivity index (χ2n) is 2.20. The minimum atomic E-state index is 0.648. The topological polar surface area (TPSA) is 17.1 Å². The van der Waals surface area contributed by atoms with Gasteiger partial charge in [-0.3, -0.25) is 4.79 Å². The van der Waals surface area contributed by atoms with Crippen molar-refractivity contribution in [2.45, 2.75) is 0 Å². The lowest BCUT2D eigenvalue weighted by molar-refractivity contribution is -0.104. The molecular formula is C9H6BrClO. The highest BCUT2D eigenvalue weighted by atomic mass is 79.9. The lowest BCUT2D eigenvalue weighted by Crippen LogP contribution is -1.73. The van der Waals surface area contributed by atoms with Crippen LogP contribution in [-0.4, -0.2) is 6.29 Å². The van der Waals surface area contributed by atoms with Crippen molar-refractivity contribution in [1.29, 1.82) is 0 Å². The van der Waals surface area contributed by atoms with E-state index in [4.69, 9.17) is 11.6 Å². The average molecular weight is 246 g/mol. The van der Waals surface area contributed by atoms with Gasteiger partial charge in [-0.1, -0.05) is 33.6 Å². The second kappa shape index (κ2) is 4.43. The molecular weight excluding hydrogens is 239 g/mol. The highest BCUT2D eigenvalue weighted by molar-refractivity contribution is 9.10. The van der Waals surface area contributed by atoms with E-state index in [9.17, 15) is 4.79 Å². The number of halogens is 2. The van der Waals surface area contributed by atoms with Gasteiger partial charge in [0.2, 0.25) is 0 Å². The number of aldehydes is 1. The smallest absolute Gasteiger partial charge is 0.142 e. The Kier molecular flexibility index (Phi) is 3.50. The first-order valence-corrected chi connectivity index (χ1v) is 4.47. The molecule has 1 rings (SSSR count). The Morgan fingerprint density at radius 2 is 2.08 bits per heavy atom. The molecule has 0 fully saturated rings. The van der Waals surface area contributed by atoms with Crippen LogP contribution in [0.4, 0.5) is 0 Å². The number of rotatable bonds is 2. The van der Waals surface area contributed by atoms with Crippen LogP contribution in [0.5, 0.6) is 0 Å². The maximum absolute atomic E-state index is 10.0. The summed E-state index contributed by atoms with van der Waals surface area (Å²) in [6, 6.07) is 5.46. The first-order chi connectivity index (χ1) is 5.72. The summed E-state index contributed by atoms with van der Waals surface area (Å²) in [6.07, 6.45) is 3.86. The summed E-state index contributed by atoms with van der Waals surface area (Å²) in [7, 11) is 0. The van der Waals surface area contributed by atoms with Crippen LogP contribution in [-0.2, 0) is 4.79 Å². The van der Waals surface area contributed by atoms with Crippen LogP contribution in [0.3, 0.4) is 0 Å². The van der Waals surface area contributed by atoms with Gasteiger partial charge in [-0.05, 0) is 29.8 Å². The van der Waals surface area contributed by atoms with E-state index in [1.54, 1.807) is 18.2 Å². The molecule has 0 aliphatic heterocycles. The van der Waals surface area contributed by atoms with E-state index in [-0.39, 0.29) is 0 Å². The molecule has 1 aromatic rings. The molecule has 0 aliphatic rings. The van der Waals surface area contributed by atoms with Crippen LogP contribution < -0.4 is 0 Å². The zero-order chi connectivity index (χ0) is 8.97. The largest absolute Gasteiger partial charge is 0.299 e. The Morgan fingerprint density at radius 1 is 1.33 bits per heavy atom. The molecule has 0 atom stereocenters. The van der Waals surface area contributed by atoms with Gasteiger partial charge in [-0.15, -0.1) is 0 Å². The zero-order valence-electron chi connectivity index (χ0n) is 6.13. The van der Waals surface area contributed by atoms with E-state index >= 15 is 0 Å². The SMILES string of the molecule is O=CC=Cc1cc(Cl)cc(Br)c1. The van der Waals surface area contributed by atoms with Gasteiger partial charge in [0, 0.05) is 9.50 Å². The first-order valence-electron chi connectivity index (χ1n) is 3.30. The number of hydrogen-bond donors (Lipinski definition) is 0. The fraction of sp³-hybridized carbons (Fsp3) is 0. The Bertz CT molecular complexity index is 300. The van der Waals surface area contributed by atoms with Gasteiger partial charge in [0.1, 0.15) is 6.29 Å². The van der Waals surface area contributed by atoms with Gasteiger partial charge in [-0.25, -0.2) is 0 Å². The molecule has 0 aliphatic carbocycles. The Balaban J connectivity index is 3.00. The molecule has 0 spiro atoms. The summed E-state index contributed by atoms with van der Waals surface area (Å²) in [5.74, 6) is 0. The predicted octanol–water partition coefficient (Wildman–Crippen LogP) is 3.31. The number of hydrogen-bond acceptors (Lipinski definition) is 1. The highest BCUT2D eigenvalue weighted by Crippen LogP contribution is 2.20. The van der Waals surface area contributed by atoms with E-state index in [0.717, 1.165) is 16.3 Å². The van der Waals surface area contributed by atoms with Crippen LogP contribution in [0, 0.1) is 0 Å². The summed E-state index contributed by atoms with van der Waals surface area (Å²) >= 11 is 9.08. The molecule has 0 unspecified atom stereocenters. The van der Waals surface area contributed by atoms with Gasteiger partial charge in [0.05, 0.1) is 0 Å². The van der Waals surface area contributed by atoms with Crippen LogP contribution >= 0.6 is 27.5 Å². The first kappa shape index (κ1) is 9.49. The summed E-state index contributed by atoms with van der Waals surface area (Å²) < 4.78 is 0.903. The van der Waals surface area contributed by atoms with Gasteiger partial charge in [0.15, 0.2) is 0 Å². The van der Waals surface area contributed by atoms with Gasteiger partial charge < -0.3 is 0 Å². The number of carbonyl (C=O) groups excluding carboxylic acids is 1. The van der Waals surface area contributed by atoms with Crippen molar-refractivity contribution in [3.05, 3.63) is 39.3 Å². The summed E-state index contributed by atoms with van der Waals surface area (Å²) in [4.78, 5) is 10.0. The maximum atomic E-state index is 10.0. The van der Waals surface area contributed by atoms with Crippen molar-refractivity contribution >= 4 is 39.9 Å². The van der Waals surface area contributed by atoms with E-state index < -0.39 is 0 Å². The summed E-state index contributed by atoms with van der Waals surface area (Å²) in [6.45, 7) is 0. The predicted molar refractivity (Wildman–Crippen MR) is 54.3 cm³/mol. The quantitative estimate of drug-likeness (QED) is 0.577. The second-order valence-corrected chi connectivity index (χ2v) is 3.55. The van der Waals surface area contributed by atoms with Crippen molar-refractivity contribution in [2.24, 2.45) is 0 Å².